The molecule has 0 aromatic carbocycles. The molecule has 2 rings (SSSR count). The first-order chi connectivity index (χ1) is 9.61. The van der Waals surface area contributed by atoms with Gasteiger partial charge in [-0.1, -0.05) is 0 Å². The van der Waals surface area contributed by atoms with E-state index in [4.69, 9.17) is 5.11 Å². The normalized spacial score (nSPS) is 15.4. The van der Waals surface area contributed by atoms with E-state index in [1.807, 2.05) is 19.1 Å². The van der Waals surface area contributed by atoms with Gasteiger partial charge >= 0.3 is 12.0 Å². The third-order valence-corrected chi connectivity index (χ3v) is 3.43. The zero-order valence-electron chi connectivity index (χ0n) is 11.5. The van der Waals surface area contributed by atoms with E-state index in [1.165, 1.54) is 0 Å². The average molecular weight is 277 g/mol. The van der Waals surface area contributed by atoms with Crippen LogP contribution in [-0.4, -0.2) is 39.6 Å². The number of carbonyl (C=O) groups is 2. The fraction of sp³-hybridized carbons (Fsp3) is 0.500. The zero-order valence-corrected chi connectivity index (χ0v) is 11.5. The van der Waals surface area contributed by atoms with Gasteiger partial charge in [0, 0.05) is 25.5 Å². The van der Waals surface area contributed by atoms with Gasteiger partial charge in [0.05, 0.1) is 0 Å². The number of aliphatic carboxylic acids is 1. The molecule has 1 aliphatic rings. The summed E-state index contributed by atoms with van der Waals surface area (Å²) in [7, 11) is 0. The van der Waals surface area contributed by atoms with E-state index in [0.717, 1.165) is 18.4 Å². The molecule has 1 unspecified atom stereocenters. The summed E-state index contributed by atoms with van der Waals surface area (Å²) in [6.07, 6.45) is 5.08. The van der Waals surface area contributed by atoms with E-state index in [2.05, 4.69) is 10.3 Å². The quantitative estimate of drug-likeness (QED) is 0.825. The van der Waals surface area contributed by atoms with Crippen LogP contribution in [0.5, 0.6) is 0 Å². The summed E-state index contributed by atoms with van der Waals surface area (Å²) in [5.41, 5.74) is 0.968. The molecule has 6 nitrogen and oxygen atoms in total. The van der Waals surface area contributed by atoms with Gasteiger partial charge in [0.2, 0.25) is 0 Å². The minimum absolute atomic E-state index is 0.0797. The molecule has 1 saturated carbocycles. The van der Waals surface area contributed by atoms with Gasteiger partial charge in [0.25, 0.3) is 0 Å². The second-order valence-electron chi connectivity index (χ2n) is 4.97. The van der Waals surface area contributed by atoms with Crippen molar-refractivity contribution in [2.75, 3.05) is 6.54 Å². The van der Waals surface area contributed by atoms with Crippen LogP contribution in [0.1, 0.15) is 25.3 Å². The maximum absolute atomic E-state index is 12.2. The van der Waals surface area contributed by atoms with Crippen LogP contribution >= 0.6 is 0 Å². The number of hydrogen-bond acceptors (Lipinski definition) is 3. The zero-order chi connectivity index (χ0) is 14.5. The van der Waals surface area contributed by atoms with Crippen LogP contribution in [0.2, 0.25) is 0 Å². The molecule has 1 aliphatic carbocycles. The number of amides is 2. The van der Waals surface area contributed by atoms with Crippen molar-refractivity contribution in [2.24, 2.45) is 5.92 Å². The van der Waals surface area contributed by atoms with Gasteiger partial charge in [0.15, 0.2) is 0 Å². The molecule has 1 fully saturated rings. The lowest BCUT2D eigenvalue weighted by Crippen LogP contribution is -2.48. The van der Waals surface area contributed by atoms with Crippen LogP contribution in [-0.2, 0) is 11.3 Å². The van der Waals surface area contributed by atoms with E-state index in [9.17, 15) is 9.59 Å². The number of nitrogens with zero attached hydrogens (tertiary/aromatic N) is 2. The third-order valence-electron chi connectivity index (χ3n) is 3.43. The van der Waals surface area contributed by atoms with Crippen LogP contribution in [0.25, 0.3) is 0 Å². The lowest BCUT2D eigenvalue weighted by Gasteiger charge is -2.24. The summed E-state index contributed by atoms with van der Waals surface area (Å²) in [6.45, 7) is 2.83. The summed E-state index contributed by atoms with van der Waals surface area (Å²) in [5.74, 6) is -0.878. The molecular weight excluding hydrogens is 258 g/mol. The Morgan fingerprint density at radius 2 is 2.10 bits per heavy atom. The van der Waals surface area contributed by atoms with Gasteiger partial charge in [-0.15, -0.1) is 0 Å². The van der Waals surface area contributed by atoms with Gasteiger partial charge in [-0.3, -0.25) is 4.98 Å². The number of pyridine rings is 1. The van der Waals surface area contributed by atoms with Crippen molar-refractivity contribution in [1.29, 1.82) is 0 Å². The Balaban J connectivity index is 1.96. The van der Waals surface area contributed by atoms with Crippen LogP contribution in [0.15, 0.2) is 24.5 Å². The molecule has 0 bridgehead atoms. The van der Waals surface area contributed by atoms with Crippen molar-refractivity contribution in [2.45, 2.75) is 32.4 Å². The number of nitrogens with one attached hydrogen (secondary N) is 1. The molecule has 1 heterocycles. The lowest BCUT2D eigenvalue weighted by atomic mass is 10.2. The van der Waals surface area contributed by atoms with E-state index >= 15 is 0 Å². The summed E-state index contributed by atoms with van der Waals surface area (Å²) in [5, 5.41) is 11.8. The van der Waals surface area contributed by atoms with Crippen LogP contribution in [0, 0.1) is 5.92 Å². The Morgan fingerprint density at radius 3 is 2.60 bits per heavy atom. The molecule has 2 amide bonds. The molecular formula is C14H19N3O3. The predicted octanol–water partition coefficient (Wildman–Crippen LogP) is 1.48. The summed E-state index contributed by atoms with van der Waals surface area (Å²) in [6, 6.07) is 2.58. The highest BCUT2D eigenvalue weighted by atomic mass is 16.4. The van der Waals surface area contributed by atoms with Crippen LogP contribution in [0.4, 0.5) is 4.79 Å². The van der Waals surface area contributed by atoms with Gasteiger partial charge < -0.3 is 15.3 Å². The maximum Gasteiger partial charge on any atom is 0.326 e. The van der Waals surface area contributed by atoms with Gasteiger partial charge in [-0.05, 0) is 43.4 Å². The molecule has 0 spiro atoms. The minimum Gasteiger partial charge on any atom is -0.480 e. The molecule has 0 radical (unpaired) electrons. The van der Waals surface area contributed by atoms with Gasteiger partial charge in [-0.25, -0.2) is 9.59 Å². The number of urea groups is 1. The summed E-state index contributed by atoms with van der Waals surface area (Å²) in [4.78, 5) is 28.8. The maximum atomic E-state index is 12.2. The Bertz CT molecular complexity index is 474. The highest BCUT2D eigenvalue weighted by molar-refractivity contribution is 5.83. The molecule has 1 aromatic heterocycles. The van der Waals surface area contributed by atoms with Crippen molar-refractivity contribution in [3.8, 4) is 0 Å². The van der Waals surface area contributed by atoms with Gasteiger partial charge in [-0.2, -0.15) is 0 Å². The molecule has 0 saturated heterocycles. The summed E-state index contributed by atoms with van der Waals surface area (Å²) < 4.78 is 0. The van der Waals surface area contributed by atoms with Gasteiger partial charge in [0.1, 0.15) is 6.04 Å². The first-order valence-electron chi connectivity index (χ1n) is 6.79. The Morgan fingerprint density at radius 1 is 1.45 bits per heavy atom. The number of hydrogen-bond donors (Lipinski definition) is 2. The highest BCUT2D eigenvalue weighted by Crippen LogP contribution is 2.32. The Kier molecular flexibility index (Phi) is 4.55. The Hall–Kier alpha value is -2.11. The Labute approximate surface area is 117 Å². The number of carboxylic acids is 1. The van der Waals surface area contributed by atoms with Crippen molar-refractivity contribution < 1.29 is 14.7 Å². The number of carbonyl (C=O) groups excluding carboxylic acids is 1. The average Bonchev–Trinajstić information content (AvgIpc) is 3.27. The SMILES string of the molecule is CCN(Cc1ccncc1)C(=O)NC(C(=O)O)C1CC1. The van der Waals surface area contributed by atoms with Crippen LogP contribution < -0.4 is 5.32 Å². The number of rotatable bonds is 6. The molecule has 1 aromatic rings. The van der Waals surface area contributed by atoms with E-state index in [0.29, 0.717) is 13.1 Å². The first kappa shape index (κ1) is 14.3. The monoisotopic (exact) mass is 277 g/mol. The molecule has 108 valence electrons. The molecule has 6 heteroatoms. The van der Waals surface area contributed by atoms with E-state index in [1.54, 1.807) is 17.3 Å². The highest BCUT2D eigenvalue weighted by Gasteiger charge is 2.37. The van der Waals surface area contributed by atoms with Crippen molar-refractivity contribution >= 4 is 12.0 Å². The standard InChI is InChI=1S/C14H19N3O3/c1-2-17(9-10-5-7-15-8-6-10)14(20)16-12(13(18)19)11-3-4-11/h5-8,11-12H,2-4,9H2,1H3,(H,16,20)(H,18,19). The topological polar surface area (TPSA) is 82.5 Å². The smallest absolute Gasteiger partial charge is 0.326 e. The second-order valence-corrected chi connectivity index (χ2v) is 4.97. The number of aromatic nitrogens is 1. The minimum atomic E-state index is -0.958. The van der Waals surface area contributed by atoms with Crippen LogP contribution in [0.3, 0.4) is 0 Å². The number of carboxylic acid groups (broad SMARTS) is 1. The lowest BCUT2D eigenvalue weighted by molar-refractivity contribution is -0.139. The van der Waals surface area contributed by atoms with E-state index in [-0.39, 0.29) is 11.9 Å². The van der Waals surface area contributed by atoms with E-state index < -0.39 is 12.0 Å². The van der Waals surface area contributed by atoms with Crippen molar-refractivity contribution in [1.82, 2.24) is 15.2 Å². The first-order valence-corrected chi connectivity index (χ1v) is 6.79. The second kappa shape index (κ2) is 6.36. The van der Waals surface area contributed by atoms with Crippen molar-refractivity contribution in [3.63, 3.8) is 0 Å². The largest absolute Gasteiger partial charge is 0.480 e. The fourth-order valence-corrected chi connectivity index (χ4v) is 2.07. The molecule has 1 atom stereocenters. The summed E-state index contributed by atoms with van der Waals surface area (Å²) >= 11 is 0. The molecule has 2 N–H and O–H groups in total. The third kappa shape index (κ3) is 3.69. The molecule has 20 heavy (non-hydrogen) atoms. The molecule has 0 aliphatic heterocycles. The van der Waals surface area contributed by atoms with Crippen molar-refractivity contribution in [3.05, 3.63) is 30.1 Å². The predicted molar refractivity (Wildman–Crippen MR) is 73.0 cm³/mol. The fourth-order valence-electron chi connectivity index (χ4n) is 2.07.